The molecule has 3 unspecified atom stereocenters. The molecule has 1 aromatic heterocycles. The number of esters is 2. The van der Waals surface area contributed by atoms with Gasteiger partial charge in [0.15, 0.2) is 11.3 Å². The minimum absolute atomic E-state index is 0.219. The molecule has 1 aliphatic carbocycles. The number of carbonyl (C=O) groups is 2. The van der Waals surface area contributed by atoms with Crippen LogP contribution in [0.5, 0.6) is 0 Å². The van der Waals surface area contributed by atoms with Crippen molar-refractivity contribution in [1.82, 2.24) is 9.55 Å². The van der Waals surface area contributed by atoms with Gasteiger partial charge in [-0.15, -0.1) is 0 Å². The van der Waals surface area contributed by atoms with E-state index in [0.717, 1.165) is 43.3 Å². The van der Waals surface area contributed by atoms with Gasteiger partial charge in [-0.2, -0.15) is 13.2 Å². The summed E-state index contributed by atoms with van der Waals surface area (Å²) in [4.78, 5) is 30.3. The monoisotopic (exact) mass is 554 g/mol. The molecule has 0 amide bonds. The number of likely N-dealkylation sites (N-methyl/N-ethyl adjacent to an activating group) is 1. The van der Waals surface area contributed by atoms with Crippen LogP contribution >= 0.6 is 11.8 Å². The molecular formula is C27H35F3N3O4S+. The van der Waals surface area contributed by atoms with E-state index in [2.05, 4.69) is 12.0 Å². The molecule has 38 heavy (non-hydrogen) atoms. The average Bonchev–Trinajstić information content (AvgIpc) is 3.63. The zero-order chi connectivity index (χ0) is 27.4. The van der Waals surface area contributed by atoms with Gasteiger partial charge < -0.3 is 18.5 Å². The molecule has 2 aromatic rings. The smallest absolute Gasteiger partial charge is 0.453 e. The van der Waals surface area contributed by atoms with Crippen LogP contribution in [0.25, 0.3) is 0 Å². The van der Waals surface area contributed by atoms with Crippen molar-refractivity contribution in [3.8, 4) is 0 Å². The summed E-state index contributed by atoms with van der Waals surface area (Å²) in [6.45, 7) is 2.22. The lowest BCUT2D eigenvalue weighted by molar-refractivity contribution is -0.898. The SMILES string of the molecule is Cn1ccnc1SCCC[N+]1(C)CCC(OC(=O)C(OC(=O)C(F)(F)F)(c2ccccc2)C2CCCC2)C1. The summed E-state index contributed by atoms with van der Waals surface area (Å²) in [5, 5.41) is 0.957. The Labute approximate surface area is 225 Å². The van der Waals surface area contributed by atoms with Gasteiger partial charge in [0.25, 0.3) is 0 Å². The maximum atomic E-state index is 13.8. The number of imidazole rings is 1. The Hall–Kier alpha value is -2.53. The highest BCUT2D eigenvalue weighted by Gasteiger charge is 2.57. The predicted molar refractivity (Wildman–Crippen MR) is 136 cm³/mol. The Bertz CT molecular complexity index is 1110. The normalized spacial score (nSPS) is 23.8. The van der Waals surface area contributed by atoms with E-state index in [1.54, 1.807) is 36.2 Å². The summed E-state index contributed by atoms with van der Waals surface area (Å²) < 4.78 is 53.9. The number of hydrogen-bond acceptors (Lipinski definition) is 6. The number of hydrogen-bond donors (Lipinski definition) is 0. The van der Waals surface area contributed by atoms with E-state index in [0.29, 0.717) is 30.3 Å². The largest absolute Gasteiger partial charge is 0.490 e. The van der Waals surface area contributed by atoms with Crippen molar-refractivity contribution in [2.24, 2.45) is 13.0 Å². The summed E-state index contributed by atoms with van der Waals surface area (Å²) in [7, 11) is 4.06. The van der Waals surface area contributed by atoms with Crippen molar-refractivity contribution in [1.29, 1.82) is 0 Å². The van der Waals surface area contributed by atoms with Gasteiger partial charge in [-0.05, 0) is 12.8 Å². The molecule has 0 spiro atoms. The summed E-state index contributed by atoms with van der Waals surface area (Å²) in [6, 6.07) is 8.03. The minimum Gasteiger partial charge on any atom is -0.453 e. The van der Waals surface area contributed by atoms with Crippen molar-refractivity contribution in [2.75, 3.05) is 32.4 Å². The molecular weight excluding hydrogens is 519 g/mol. The van der Waals surface area contributed by atoms with Crippen LogP contribution in [-0.4, -0.2) is 70.7 Å². The molecule has 0 bridgehead atoms. The third-order valence-corrected chi connectivity index (χ3v) is 8.82. The number of thioether (sulfide) groups is 1. The lowest BCUT2D eigenvalue weighted by atomic mass is 9.79. The van der Waals surface area contributed by atoms with E-state index in [1.807, 2.05) is 17.8 Å². The number of ether oxygens (including phenoxy) is 2. The predicted octanol–water partition coefficient (Wildman–Crippen LogP) is 4.86. The van der Waals surface area contributed by atoms with E-state index in [-0.39, 0.29) is 5.56 Å². The van der Waals surface area contributed by atoms with Gasteiger partial charge in [-0.1, -0.05) is 54.9 Å². The molecule has 11 heteroatoms. The van der Waals surface area contributed by atoms with Crippen LogP contribution in [-0.2, 0) is 31.7 Å². The van der Waals surface area contributed by atoms with Crippen LogP contribution in [0.4, 0.5) is 13.2 Å². The molecule has 2 fully saturated rings. The standard InChI is InChI=1S/C27H35F3N3O4S/c1-32-15-14-31-25(32)38-18-8-16-33(2)17-13-22(19-33)36-23(34)26(21-11-6-7-12-21,20-9-4-3-5-10-20)37-24(35)27(28,29)30/h3-5,9-10,14-15,21-22H,6-8,11-13,16-19H2,1-2H3/q+1. The van der Waals surface area contributed by atoms with E-state index < -0.39 is 35.7 Å². The third-order valence-electron chi connectivity index (χ3n) is 7.68. The van der Waals surface area contributed by atoms with Crippen molar-refractivity contribution in [3.63, 3.8) is 0 Å². The van der Waals surface area contributed by atoms with E-state index in [1.165, 1.54) is 12.1 Å². The molecule has 4 rings (SSSR count). The summed E-state index contributed by atoms with van der Waals surface area (Å²) in [5.74, 6) is -2.97. The van der Waals surface area contributed by atoms with Crippen LogP contribution in [0.15, 0.2) is 47.9 Å². The molecule has 208 valence electrons. The molecule has 2 aliphatic rings. The lowest BCUT2D eigenvalue weighted by Crippen LogP contribution is -2.51. The number of benzene rings is 1. The molecule has 0 N–H and O–H groups in total. The maximum absolute atomic E-state index is 13.8. The van der Waals surface area contributed by atoms with Gasteiger partial charge >= 0.3 is 18.1 Å². The number of rotatable bonds is 10. The topological polar surface area (TPSA) is 70.4 Å². The molecule has 2 heterocycles. The molecule has 0 radical (unpaired) electrons. The number of halogens is 3. The fourth-order valence-corrected chi connectivity index (χ4v) is 6.55. The second-order valence-corrected chi connectivity index (χ2v) is 11.6. The molecule has 3 atom stereocenters. The van der Waals surface area contributed by atoms with Gasteiger partial charge in [0.2, 0.25) is 5.60 Å². The average molecular weight is 555 g/mol. The van der Waals surface area contributed by atoms with Gasteiger partial charge in [-0.25, -0.2) is 14.6 Å². The Kier molecular flexibility index (Phi) is 8.76. The first-order valence-corrected chi connectivity index (χ1v) is 14.0. The first kappa shape index (κ1) is 28.5. The Morgan fingerprint density at radius 1 is 1.13 bits per heavy atom. The van der Waals surface area contributed by atoms with Crippen LogP contribution in [0.1, 0.15) is 44.1 Å². The van der Waals surface area contributed by atoms with Gasteiger partial charge in [0, 0.05) is 49.5 Å². The molecule has 1 saturated carbocycles. The molecule has 7 nitrogen and oxygen atoms in total. The zero-order valence-electron chi connectivity index (χ0n) is 21.8. The van der Waals surface area contributed by atoms with Crippen LogP contribution in [0.3, 0.4) is 0 Å². The van der Waals surface area contributed by atoms with Crippen LogP contribution < -0.4 is 0 Å². The van der Waals surface area contributed by atoms with Gasteiger partial charge in [0.05, 0.1) is 20.1 Å². The summed E-state index contributed by atoms with van der Waals surface area (Å²) >= 11 is 1.69. The number of nitrogens with zero attached hydrogens (tertiary/aromatic N) is 3. The zero-order valence-corrected chi connectivity index (χ0v) is 22.6. The highest BCUT2D eigenvalue weighted by Crippen LogP contribution is 2.46. The highest BCUT2D eigenvalue weighted by molar-refractivity contribution is 7.99. The Morgan fingerprint density at radius 3 is 2.47 bits per heavy atom. The van der Waals surface area contributed by atoms with Crippen molar-refractivity contribution in [3.05, 3.63) is 48.3 Å². The van der Waals surface area contributed by atoms with E-state index >= 15 is 0 Å². The highest BCUT2D eigenvalue weighted by atomic mass is 32.2. The number of alkyl halides is 3. The Morgan fingerprint density at radius 2 is 1.84 bits per heavy atom. The number of quaternary nitrogens is 1. The fraction of sp³-hybridized carbons (Fsp3) is 0.593. The minimum atomic E-state index is -5.23. The summed E-state index contributed by atoms with van der Waals surface area (Å²) in [5.41, 5.74) is -1.91. The molecule has 1 saturated heterocycles. The third kappa shape index (κ3) is 6.36. The first-order valence-electron chi connectivity index (χ1n) is 13.0. The maximum Gasteiger partial charge on any atom is 0.490 e. The number of likely N-dealkylation sites (tertiary alicyclic amines) is 1. The van der Waals surface area contributed by atoms with Gasteiger partial charge in [0.1, 0.15) is 6.54 Å². The van der Waals surface area contributed by atoms with Crippen LogP contribution in [0, 0.1) is 5.92 Å². The number of aryl methyl sites for hydroxylation is 1. The number of aromatic nitrogens is 2. The first-order chi connectivity index (χ1) is 18.0. The van der Waals surface area contributed by atoms with Crippen molar-refractivity contribution < 1.29 is 36.7 Å². The summed E-state index contributed by atoms with van der Waals surface area (Å²) in [6.07, 6.45) is 1.94. The van der Waals surface area contributed by atoms with E-state index in [4.69, 9.17) is 9.47 Å². The Balaban J connectivity index is 1.47. The van der Waals surface area contributed by atoms with Crippen molar-refractivity contribution in [2.45, 2.75) is 61.6 Å². The quantitative estimate of drug-likeness (QED) is 0.181. The van der Waals surface area contributed by atoms with Crippen molar-refractivity contribution >= 4 is 23.7 Å². The number of carbonyl (C=O) groups excluding carboxylic acids is 2. The molecule has 1 aromatic carbocycles. The fourth-order valence-electron chi connectivity index (χ4n) is 5.70. The second-order valence-electron chi connectivity index (χ2n) is 10.6. The lowest BCUT2D eigenvalue weighted by Gasteiger charge is -2.37. The van der Waals surface area contributed by atoms with E-state index in [9.17, 15) is 22.8 Å². The molecule has 1 aliphatic heterocycles. The second kappa shape index (κ2) is 11.7. The van der Waals surface area contributed by atoms with Gasteiger partial charge in [-0.3, -0.25) is 0 Å². The van der Waals surface area contributed by atoms with Crippen LogP contribution in [0.2, 0.25) is 0 Å².